The Bertz CT molecular complexity index is 705. The second-order valence-corrected chi connectivity index (χ2v) is 5.59. The number of nitrogens with one attached hydrogen (secondary N) is 1. The van der Waals surface area contributed by atoms with Gasteiger partial charge in [-0.25, -0.2) is 9.97 Å². The van der Waals surface area contributed by atoms with Crippen molar-refractivity contribution in [2.75, 3.05) is 5.32 Å². The minimum atomic E-state index is -4.58. The van der Waals surface area contributed by atoms with Crippen LogP contribution in [-0.2, 0) is 6.18 Å². The van der Waals surface area contributed by atoms with Crippen molar-refractivity contribution >= 4 is 57.2 Å². The summed E-state index contributed by atoms with van der Waals surface area (Å²) in [6.07, 6.45) is -3.48. The maximum Gasteiger partial charge on any atom is 0.434 e. The molecule has 2 aromatic rings. The Morgan fingerprint density at radius 1 is 1.24 bits per heavy atom. The van der Waals surface area contributed by atoms with Gasteiger partial charge in [0.2, 0.25) is 0 Å². The van der Waals surface area contributed by atoms with Gasteiger partial charge in [-0.2, -0.15) is 13.2 Å². The molecule has 1 amide bonds. The van der Waals surface area contributed by atoms with E-state index < -0.39 is 17.8 Å². The van der Waals surface area contributed by atoms with E-state index in [0.717, 1.165) is 11.6 Å². The van der Waals surface area contributed by atoms with Crippen LogP contribution in [0.1, 0.15) is 16.2 Å². The van der Waals surface area contributed by atoms with Gasteiger partial charge >= 0.3 is 6.18 Å². The van der Waals surface area contributed by atoms with Crippen molar-refractivity contribution in [1.82, 2.24) is 9.97 Å². The number of alkyl halides is 3. The first-order valence-electron chi connectivity index (χ1n) is 5.03. The zero-order chi connectivity index (χ0) is 15.8. The second-order valence-electron chi connectivity index (χ2n) is 3.57. The molecule has 0 saturated heterocycles. The summed E-state index contributed by atoms with van der Waals surface area (Å²) in [5.74, 6) is -0.846. The molecule has 0 radical (unpaired) electrons. The smallest absolute Gasteiger partial charge is 0.296 e. The van der Waals surface area contributed by atoms with Crippen LogP contribution in [0, 0.1) is 0 Å². The Morgan fingerprint density at radius 3 is 2.48 bits per heavy atom. The average Bonchev–Trinajstić information content (AvgIpc) is 2.84. The molecule has 0 aliphatic rings. The molecule has 0 aliphatic carbocycles. The highest BCUT2D eigenvalue weighted by Gasteiger charge is 2.34. The molecule has 112 valence electrons. The zero-order valence-corrected chi connectivity index (χ0v) is 12.7. The van der Waals surface area contributed by atoms with Gasteiger partial charge in [-0.05, 0) is 0 Å². The van der Waals surface area contributed by atoms with Crippen molar-refractivity contribution in [3.8, 4) is 0 Å². The zero-order valence-electron chi connectivity index (χ0n) is 9.63. The Balaban J connectivity index is 2.23. The molecular formula is C10H3Cl3F3N3OS. The summed E-state index contributed by atoms with van der Waals surface area (Å²) >= 11 is 17.8. The number of thiazole rings is 1. The fourth-order valence-electron chi connectivity index (χ4n) is 1.22. The third-order valence-electron chi connectivity index (χ3n) is 2.15. The standard InChI is InChI=1S/C10H3Cl3F3N3OS/c11-3-1-17-7(6(13)5(3)12)8(20)19-9-18-4(2-21-9)10(14,15)16/h1-2H,(H,18,19,20). The number of carbonyl (C=O) groups is 1. The minimum Gasteiger partial charge on any atom is -0.296 e. The van der Waals surface area contributed by atoms with Crippen LogP contribution < -0.4 is 5.32 Å². The Labute approximate surface area is 134 Å². The van der Waals surface area contributed by atoms with Crippen LogP contribution in [0.4, 0.5) is 18.3 Å². The number of anilines is 1. The molecule has 2 heterocycles. The molecule has 2 rings (SSSR count). The number of pyridine rings is 1. The summed E-state index contributed by atoms with van der Waals surface area (Å²) in [4.78, 5) is 18.8. The van der Waals surface area contributed by atoms with Crippen molar-refractivity contribution in [2.24, 2.45) is 0 Å². The molecular weight excluding hydrogens is 374 g/mol. The lowest BCUT2D eigenvalue weighted by molar-refractivity contribution is -0.140. The summed E-state index contributed by atoms with van der Waals surface area (Å²) in [5, 5.41) is 2.47. The lowest BCUT2D eigenvalue weighted by Crippen LogP contribution is -2.15. The highest BCUT2D eigenvalue weighted by Crippen LogP contribution is 2.33. The van der Waals surface area contributed by atoms with Crippen LogP contribution in [0.2, 0.25) is 15.1 Å². The van der Waals surface area contributed by atoms with E-state index in [1.54, 1.807) is 0 Å². The van der Waals surface area contributed by atoms with Crippen LogP contribution in [0.15, 0.2) is 11.6 Å². The normalized spacial score (nSPS) is 11.5. The van der Waals surface area contributed by atoms with E-state index in [1.807, 2.05) is 0 Å². The Kier molecular flexibility index (Phi) is 4.62. The quantitative estimate of drug-likeness (QED) is 0.821. The molecule has 0 atom stereocenters. The minimum absolute atomic E-state index is 0.0480. The highest BCUT2D eigenvalue weighted by molar-refractivity contribution is 7.14. The monoisotopic (exact) mass is 375 g/mol. The first-order chi connectivity index (χ1) is 9.70. The van der Waals surface area contributed by atoms with E-state index in [9.17, 15) is 18.0 Å². The maximum absolute atomic E-state index is 12.4. The predicted molar refractivity (Wildman–Crippen MR) is 74.3 cm³/mol. The molecule has 0 aliphatic heterocycles. The lowest BCUT2D eigenvalue weighted by Gasteiger charge is -2.05. The topological polar surface area (TPSA) is 54.9 Å². The SMILES string of the molecule is O=C(Nc1nc(C(F)(F)F)cs1)c1ncc(Cl)c(Cl)c1Cl. The van der Waals surface area contributed by atoms with Gasteiger partial charge in [-0.3, -0.25) is 10.1 Å². The number of hydrogen-bond donors (Lipinski definition) is 1. The summed E-state index contributed by atoms with van der Waals surface area (Å²) in [6.45, 7) is 0. The van der Waals surface area contributed by atoms with Crippen LogP contribution >= 0.6 is 46.1 Å². The molecule has 2 aromatic heterocycles. The van der Waals surface area contributed by atoms with E-state index in [-0.39, 0.29) is 25.9 Å². The van der Waals surface area contributed by atoms with Crippen molar-refractivity contribution in [3.63, 3.8) is 0 Å². The number of carbonyl (C=O) groups excluding carboxylic acids is 1. The Hall–Kier alpha value is -1.09. The van der Waals surface area contributed by atoms with E-state index in [4.69, 9.17) is 34.8 Å². The second kappa shape index (κ2) is 5.96. The van der Waals surface area contributed by atoms with Gasteiger partial charge in [0.25, 0.3) is 5.91 Å². The summed E-state index contributed by atoms with van der Waals surface area (Å²) in [5.41, 5.74) is -1.37. The van der Waals surface area contributed by atoms with Crippen LogP contribution in [0.5, 0.6) is 0 Å². The van der Waals surface area contributed by atoms with Gasteiger partial charge in [0.05, 0.1) is 15.1 Å². The molecule has 0 bridgehead atoms. The number of rotatable bonds is 2. The summed E-state index contributed by atoms with van der Waals surface area (Å²) in [6, 6.07) is 0. The van der Waals surface area contributed by atoms with E-state index in [0.29, 0.717) is 11.3 Å². The molecule has 21 heavy (non-hydrogen) atoms. The first kappa shape index (κ1) is 16.3. The van der Waals surface area contributed by atoms with Gasteiger partial charge in [0.15, 0.2) is 10.8 Å². The van der Waals surface area contributed by atoms with Gasteiger partial charge in [0.1, 0.15) is 5.69 Å². The van der Waals surface area contributed by atoms with Gasteiger partial charge < -0.3 is 0 Å². The van der Waals surface area contributed by atoms with E-state index in [1.165, 1.54) is 0 Å². The van der Waals surface area contributed by atoms with Crippen LogP contribution in [0.25, 0.3) is 0 Å². The van der Waals surface area contributed by atoms with Crippen LogP contribution in [-0.4, -0.2) is 15.9 Å². The molecule has 0 saturated carbocycles. The number of aromatic nitrogens is 2. The fourth-order valence-corrected chi connectivity index (χ4v) is 2.50. The molecule has 0 spiro atoms. The molecule has 0 fully saturated rings. The fraction of sp³-hybridized carbons (Fsp3) is 0.100. The number of halogens is 6. The average molecular weight is 377 g/mol. The third kappa shape index (κ3) is 3.57. The van der Waals surface area contributed by atoms with E-state index >= 15 is 0 Å². The number of hydrogen-bond acceptors (Lipinski definition) is 4. The van der Waals surface area contributed by atoms with Crippen molar-refractivity contribution in [3.05, 3.63) is 38.0 Å². The summed E-state index contributed by atoms with van der Waals surface area (Å²) in [7, 11) is 0. The summed E-state index contributed by atoms with van der Waals surface area (Å²) < 4.78 is 37.2. The van der Waals surface area contributed by atoms with Gasteiger partial charge in [0, 0.05) is 11.6 Å². The Morgan fingerprint density at radius 2 is 1.90 bits per heavy atom. The molecule has 11 heteroatoms. The number of nitrogens with zero attached hydrogens (tertiary/aromatic N) is 2. The van der Waals surface area contributed by atoms with E-state index in [2.05, 4.69) is 15.3 Å². The molecule has 4 nitrogen and oxygen atoms in total. The van der Waals surface area contributed by atoms with Crippen molar-refractivity contribution in [2.45, 2.75) is 6.18 Å². The third-order valence-corrected chi connectivity index (χ3v) is 4.15. The largest absolute Gasteiger partial charge is 0.434 e. The van der Waals surface area contributed by atoms with Crippen molar-refractivity contribution < 1.29 is 18.0 Å². The highest BCUT2D eigenvalue weighted by atomic mass is 35.5. The number of amides is 1. The van der Waals surface area contributed by atoms with Crippen molar-refractivity contribution in [1.29, 1.82) is 0 Å². The van der Waals surface area contributed by atoms with Gasteiger partial charge in [-0.1, -0.05) is 34.8 Å². The predicted octanol–water partition coefficient (Wildman–Crippen LogP) is 4.77. The van der Waals surface area contributed by atoms with Gasteiger partial charge in [-0.15, -0.1) is 11.3 Å². The maximum atomic E-state index is 12.4. The van der Waals surface area contributed by atoms with Crippen LogP contribution in [0.3, 0.4) is 0 Å². The molecule has 0 aromatic carbocycles. The molecule has 1 N–H and O–H groups in total. The molecule has 0 unspecified atom stereocenters. The first-order valence-corrected chi connectivity index (χ1v) is 7.05. The lowest BCUT2D eigenvalue weighted by atomic mass is 10.3.